The summed E-state index contributed by atoms with van der Waals surface area (Å²) in [5, 5.41) is 20.4. The second-order valence-electron chi connectivity index (χ2n) is 4.87. The number of nitrogen functional groups attached to an aromatic ring is 1. The first kappa shape index (κ1) is 18.7. The summed E-state index contributed by atoms with van der Waals surface area (Å²) in [5.41, 5.74) is 6.09. The Labute approximate surface area is 139 Å². The standard InChI is InChI=1S/C16H18N4O4/c1-11(21)20(14-6-4-13(18)5-7-14)16(24)12(9-17)10-19-8-2-3-15(22)23/h4-7,10,19H,2-3,8,18H2,1H3,(H,22,23)/b12-10-. The Morgan fingerprint density at radius 1 is 1.33 bits per heavy atom. The Bertz CT molecular complexity index is 689. The van der Waals surface area contributed by atoms with Crippen molar-refractivity contribution >= 4 is 29.2 Å². The summed E-state index contributed by atoms with van der Waals surface area (Å²) in [6.07, 6.45) is 1.49. The highest BCUT2D eigenvalue weighted by molar-refractivity contribution is 6.21. The number of nitriles is 1. The molecule has 24 heavy (non-hydrogen) atoms. The normalized spacial score (nSPS) is 10.6. The van der Waals surface area contributed by atoms with E-state index in [1.165, 1.54) is 25.3 Å². The van der Waals surface area contributed by atoms with Crippen LogP contribution in [0.3, 0.4) is 0 Å². The first-order valence-corrected chi connectivity index (χ1v) is 7.12. The number of hydrogen-bond donors (Lipinski definition) is 3. The average molecular weight is 330 g/mol. The van der Waals surface area contributed by atoms with E-state index < -0.39 is 17.8 Å². The largest absolute Gasteiger partial charge is 0.481 e. The molecule has 0 aromatic heterocycles. The van der Waals surface area contributed by atoms with Gasteiger partial charge in [0.1, 0.15) is 11.6 Å². The zero-order chi connectivity index (χ0) is 18.1. The SMILES string of the molecule is CC(=O)N(C(=O)/C(C#N)=C\NCCCC(=O)O)c1ccc(N)cc1. The van der Waals surface area contributed by atoms with Crippen LogP contribution < -0.4 is 16.0 Å². The van der Waals surface area contributed by atoms with Gasteiger partial charge in [-0.2, -0.15) is 5.26 Å². The molecule has 0 aliphatic heterocycles. The molecule has 4 N–H and O–H groups in total. The van der Waals surface area contributed by atoms with Crippen molar-refractivity contribution < 1.29 is 19.5 Å². The summed E-state index contributed by atoms with van der Waals surface area (Å²) in [7, 11) is 0. The number of imide groups is 1. The van der Waals surface area contributed by atoms with Crippen LogP contribution >= 0.6 is 0 Å². The zero-order valence-electron chi connectivity index (χ0n) is 13.2. The number of amides is 2. The average Bonchev–Trinajstić information content (AvgIpc) is 2.52. The summed E-state index contributed by atoms with van der Waals surface area (Å²) in [4.78, 5) is 35.5. The number of rotatable bonds is 7. The Hall–Kier alpha value is -3.34. The van der Waals surface area contributed by atoms with Crippen molar-refractivity contribution in [1.29, 1.82) is 5.26 Å². The number of carboxylic acids is 1. The number of nitrogens with two attached hydrogens (primary N) is 1. The number of nitrogens with one attached hydrogen (secondary N) is 1. The van der Waals surface area contributed by atoms with Crippen molar-refractivity contribution in [3.8, 4) is 6.07 Å². The maximum atomic E-state index is 12.4. The molecular weight excluding hydrogens is 312 g/mol. The minimum atomic E-state index is -0.927. The zero-order valence-corrected chi connectivity index (χ0v) is 13.2. The van der Waals surface area contributed by atoms with Crippen LogP contribution in [0.1, 0.15) is 19.8 Å². The van der Waals surface area contributed by atoms with Crippen LogP contribution in [-0.2, 0) is 14.4 Å². The van der Waals surface area contributed by atoms with E-state index >= 15 is 0 Å². The van der Waals surface area contributed by atoms with Gasteiger partial charge in [-0.15, -0.1) is 0 Å². The molecule has 0 saturated heterocycles. The van der Waals surface area contributed by atoms with Crippen molar-refractivity contribution in [2.75, 3.05) is 17.2 Å². The van der Waals surface area contributed by atoms with E-state index in [1.54, 1.807) is 18.2 Å². The number of carboxylic acid groups (broad SMARTS) is 1. The van der Waals surface area contributed by atoms with Gasteiger partial charge in [0, 0.05) is 31.8 Å². The molecule has 0 aliphatic carbocycles. The number of nitrogens with zero attached hydrogens (tertiary/aromatic N) is 2. The summed E-state index contributed by atoms with van der Waals surface area (Å²) >= 11 is 0. The molecule has 0 heterocycles. The van der Waals surface area contributed by atoms with Gasteiger partial charge in [-0.25, -0.2) is 4.90 Å². The lowest BCUT2D eigenvalue weighted by Crippen LogP contribution is -2.36. The fraction of sp³-hybridized carbons (Fsp3) is 0.250. The molecular formula is C16H18N4O4. The molecule has 0 bridgehead atoms. The van der Waals surface area contributed by atoms with Gasteiger partial charge in [0.2, 0.25) is 5.91 Å². The van der Waals surface area contributed by atoms with E-state index in [0.717, 1.165) is 4.90 Å². The van der Waals surface area contributed by atoms with E-state index in [9.17, 15) is 14.4 Å². The molecule has 0 atom stereocenters. The van der Waals surface area contributed by atoms with Gasteiger partial charge in [-0.3, -0.25) is 14.4 Å². The first-order valence-electron chi connectivity index (χ1n) is 7.12. The quantitative estimate of drug-likeness (QED) is 0.294. The molecule has 0 saturated carbocycles. The predicted molar refractivity (Wildman–Crippen MR) is 87.6 cm³/mol. The highest BCUT2D eigenvalue weighted by Gasteiger charge is 2.23. The molecule has 1 aromatic carbocycles. The molecule has 0 aliphatic rings. The Balaban J connectivity index is 2.87. The van der Waals surface area contributed by atoms with Crippen LogP contribution in [0.25, 0.3) is 0 Å². The van der Waals surface area contributed by atoms with Crippen LogP contribution in [0.4, 0.5) is 11.4 Å². The van der Waals surface area contributed by atoms with E-state index in [1.807, 2.05) is 0 Å². The fourth-order valence-electron chi connectivity index (χ4n) is 1.84. The van der Waals surface area contributed by atoms with Gasteiger partial charge in [-0.1, -0.05) is 0 Å². The third-order valence-electron chi connectivity index (χ3n) is 2.98. The van der Waals surface area contributed by atoms with E-state index in [-0.39, 0.29) is 18.5 Å². The molecule has 0 radical (unpaired) electrons. The minimum absolute atomic E-state index is 0.0261. The molecule has 1 aromatic rings. The number of aliphatic carboxylic acids is 1. The number of carbonyl (C=O) groups excluding carboxylic acids is 2. The molecule has 8 heteroatoms. The van der Waals surface area contributed by atoms with Gasteiger partial charge in [0.15, 0.2) is 0 Å². The maximum Gasteiger partial charge on any atom is 0.303 e. The molecule has 0 unspecified atom stereocenters. The highest BCUT2D eigenvalue weighted by atomic mass is 16.4. The topological polar surface area (TPSA) is 137 Å². The summed E-state index contributed by atoms with van der Waals surface area (Å²) in [5.74, 6) is -2.25. The second kappa shape index (κ2) is 8.95. The van der Waals surface area contributed by atoms with Crippen LogP contribution in [0.5, 0.6) is 0 Å². The first-order chi connectivity index (χ1) is 11.4. The fourth-order valence-corrected chi connectivity index (χ4v) is 1.84. The lowest BCUT2D eigenvalue weighted by Gasteiger charge is -2.19. The molecule has 2 amide bonds. The monoisotopic (exact) mass is 330 g/mol. The number of benzene rings is 1. The smallest absolute Gasteiger partial charge is 0.303 e. The Kier molecular flexibility index (Phi) is 6.97. The molecule has 1 rings (SSSR count). The van der Waals surface area contributed by atoms with Crippen molar-refractivity contribution in [3.05, 3.63) is 36.0 Å². The van der Waals surface area contributed by atoms with E-state index in [4.69, 9.17) is 16.1 Å². The predicted octanol–water partition coefficient (Wildman–Crippen LogP) is 1.01. The Morgan fingerprint density at radius 3 is 2.46 bits per heavy atom. The van der Waals surface area contributed by atoms with Gasteiger partial charge in [0.25, 0.3) is 5.91 Å². The lowest BCUT2D eigenvalue weighted by atomic mass is 10.2. The Morgan fingerprint density at radius 2 is 1.96 bits per heavy atom. The van der Waals surface area contributed by atoms with Crippen LogP contribution in [0.2, 0.25) is 0 Å². The van der Waals surface area contributed by atoms with Crippen molar-refractivity contribution in [3.63, 3.8) is 0 Å². The second-order valence-corrected chi connectivity index (χ2v) is 4.87. The maximum absolute atomic E-state index is 12.4. The third-order valence-corrected chi connectivity index (χ3v) is 2.98. The molecule has 126 valence electrons. The van der Waals surface area contributed by atoms with Crippen molar-refractivity contribution in [2.45, 2.75) is 19.8 Å². The molecule has 8 nitrogen and oxygen atoms in total. The van der Waals surface area contributed by atoms with Crippen LogP contribution in [0.15, 0.2) is 36.0 Å². The molecule has 0 fully saturated rings. The van der Waals surface area contributed by atoms with Gasteiger partial charge >= 0.3 is 5.97 Å². The summed E-state index contributed by atoms with van der Waals surface area (Å²) in [6, 6.07) is 7.82. The van der Waals surface area contributed by atoms with E-state index in [2.05, 4.69) is 5.32 Å². The van der Waals surface area contributed by atoms with Crippen LogP contribution in [-0.4, -0.2) is 29.4 Å². The minimum Gasteiger partial charge on any atom is -0.481 e. The number of carbonyl (C=O) groups is 3. The summed E-state index contributed by atoms with van der Waals surface area (Å²) in [6.45, 7) is 1.50. The van der Waals surface area contributed by atoms with Gasteiger partial charge in [0.05, 0.1) is 5.69 Å². The van der Waals surface area contributed by atoms with Crippen LogP contribution in [0, 0.1) is 11.3 Å². The van der Waals surface area contributed by atoms with E-state index in [0.29, 0.717) is 17.8 Å². The van der Waals surface area contributed by atoms with Crippen molar-refractivity contribution in [1.82, 2.24) is 5.32 Å². The number of hydrogen-bond acceptors (Lipinski definition) is 6. The van der Waals surface area contributed by atoms with Gasteiger partial charge in [-0.05, 0) is 30.7 Å². The summed E-state index contributed by atoms with van der Waals surface area (Å²) < 4.78 is 0. The number of anilines is 2. The van der Waals surface area contributed by atoms with Crippen molar-refractivity contribution in [2.24, 2.45) is 0 Å². The molecule has 0 spiro atoms. The van der Waals surface area contributed by atoms with Gasteiger partial charge < -0.3 is 16.2 Å². The lowest BCUT2D eigenvalue weighted by molar-refractivity contribution is -0.137. The highest BCUT2D eigenvalue weighted by Crippen LogP contribution is 2.18. The third kappa shape index (κ3) is 5.46.